The van der Waals surface area contributed by atoms with E-state index in [0.717, 1.165) is 23.8 Å². The van der Waals surface area contributed by atoms with Gasteiger partial charge < -0.3 is 18.5 Å². The summed E-state index contributed by atoms with van der Waals surface area (Å²) in [5, 5.41) is 0. The zero-order valence-corrected chi connectivity index (χ0v) is 18.9. The van der Waals surface area contributed by atoms with Gasteiger partial charge in [0.15, 0.2) is 5.58 Å². The molecule has 4 rings (SSSR count). The highest BCUT2D eigenvalue weighted by atomic mass is 16.7. The number of rotatable bonds is 2. The van der Waals surface area contributed by atoms with Crippen molar-refractivity contribution in [1.82, 2.24) is 9.88 Å². The number of aromatic nitrogens is 1. The van der Waals surface area contributed by atoms with Gasteiger partial charge in [0.05, 0.1) is 11.2 Å². The molecule has 2 aliphatic rings. The number of hydrogen-bond donors (Lipinski definition) is 0. The van der Waals surface area contributed by atoms with E-state index >= 15 is 0 Å². The number of oxazole rings is 1. The fourth-order valence-corrected chi connectivity index (χ4v) is 3.79. The summed E-state index contributed by atoms with van der Waals surface area (Å²) in [4.78, 5) is 19.0. The van der Waals surface area contributed by atoms with Crippen LogP contribution >= 0.6 is 0 Å². The second kappa shape index (κ2) is 6.99. The molecule has 2 aromatic rings. The summed E-state index contributed by atoms with van der Waals surface area (Å²) in [7, 11) is -0.454. The first-order chi connectivity index (χ1) is 13.9. The van der Waals surface area contributed by atoms with Crippen molar-refractivity contribution >= 4 is 29.8 Å². The van der Waals surface area contributed by atoms with E-state index in [1.807, 2.05) is 66.7 Å². The van der Waals surface area contributed by atoms with E-state index in [1.165, 1.54) is 0 Å². The molecular formula is C22H31BN2O5. The van der Waals surface area contributed by atoms with Crippen LogP contribution < -0.4 is 5.46 Å². The van der Waals surface area contributed by atoms with Gasteiger partial charge in [0, 0.05) is 6.54 Å². The van der Waals surface area contributed by atoms with Crippen molar-refractivity contribution in [3.05, 3.63) is 24.1 Å². The van der Waals surface area contributed by atoms with Crippen LogP contribution in [0.15, 0.2) is 22.6 Å². The lowest BCUT2D eigenvalue weighted by Crippen LogP contribution is -2.41. The molecule has 1 aromatic heterocycles. The number of hydrogen-bond acceptors (Lipinski definition) is 6. The molecule has 0 aliphatic carbocycles. The SMILES string of the molecule is CC(C)(C)OC(=O)N1CCCC1c1nc2cc(B3OC(C)(C)C(C)(C)O3)ccc2o1. The molecule has 2 aliphatic heterocycles. The molecule has 7 nitrogen and oxygen atoms in total. The molecule has 3 heterocycles. The maximum Gasteiger partial charge on any atom is 0.494 e. The predicted octanol–water partition coefficient (Wildman–Crippen LogP) is 4.20. The molecule has 0 bridgehead atoms. The first-order valence-electron chi connectivity index (χ1n) is 10.6. The van der Waals surface area contributed by atoms with Crippen LogP contribution in [-0.4, -0.2) is 46.4 Å². The highest BCUT2D eigenvalue weighted by Crippen LogP contribution is 2.37. The molecule has 0 saturated carbocycles. The first kappa shape index (κ1) is 21.2. The summed E-state index contributed by atoms with van der Waals surface area (Å²) in [6.45, 7) is 14.4. The van der Waals surface area contributed by atoms with Gasteiger partial charge in [-0.15, -0.1) is 0 Å². The van der Waals surface area contributed by atoms with Crippen molar-refractivity contribution in [2.45, 2.75) is 84.2 Å². The summed E-state index contributed by atoms with van der Waals surface area (Å²) in [6.07, 6.45) is 1.36. The summed E-state index contributed by atoms with van der Waals surface area (Å²) >= 11 is 0. The van der Waals surface area contributed by atoms with Crippen LogP contribution in [0.1, 0.15) is 73.2 Å². The minimum atomic E-state index is -0.538. The molecule has 0 spiro atoms. The van der Waals surface area contributed by atoms with Gasteiger partial charge in [0.25, 0.3) is 0 Å². The topological polar surface area (TPSA) is 74.0 Å². The third kappa shape index (κ3) is 3.83. The Bertz CT molecular complexity index is 946. The zero-order valence-electron chi connectivity index (χ0n) is 18.9. The number of benzene rings is 1. The minimum Gasteiger partial charge on any atom is -0.444 e. The molecule has 1 atom stereocenters. The van der Waals surface area contributed by atoms with E-state index in [4.69, 9.17) is 23.4 Å². The molecule has 30 heavy (non-hydrogen) atoms. The van der Waals surface area contributed by atoms with Crippen molar-refractivity contribution in [2.75, 3.05) is 6.54 Å². The van der Waals surface area contributed by atoms with Crippen LogP contribution in [0.2, 0.25) is 0 Å². The molecule has 2 fully saturated rings. The molecular weight excluding hydrogens is 383 g/mol. The Morgan fingerprint density at radius 2 is 1.87 bits per heavy atom. The largest absolute Gasteiger partial charge is 0.494 e. The smallest absolute Gasteiger partial charge is 0.444 e. The van der Waals surface area contributed by atoms with Gasteiger partial charge in [-0.1, -0.05) is 6.07 Å². The number of carbonyl (C=O) groups is 1. The predicted molar refractivity (Wildman–Crippen MR) is 115 cm³/mol. The summed E-state index contributed by atoms with van der Waals surface area (Å²) in [5.74, 6) is 0.541. The molecule has 162 valence electrons. The Labute approximate surface area is 178 Å². The van der Waals surface area contributed by atoms with Crippen LogP contribution in [0.4, 0.5) is 4.79 Å². The van der Waals surface area contributed by atoms with E-state index in [2.05, 4.69) is 0 Å². The van der Waals surface area contributed by atoms with E-state index in [1.54, 1.807) is 4.90 Å². The number of carbonyl (C=O) groups excluding carboxylic acids is 1. The number of ether oxygens (including phenoxy) is 1. The van der Waals surface area contributed by atoms with E-state index in [0.29, 0.717) is 18.0 Å². The molecule has 0 radical (unpaired) electrons. The maximum atomic E-state index is 12.6. The van der Waals surface area contributed by atoms with Crippen LogP contribution in [0, 0.1) is 0 Å². The van der Waals surface area contributed by atoms with Gasteiger partial charge >= 0.3 is 13.2 Å². The second-order valence-corrected chi connectivity index (χ2v) is 10.2. The van der Waals surface area contributed by atoms with E-state index in [-0.39, 0.29) is 12.1 Å². The second-order valence-electron chi connectivity index (χ2n) is 10.2. The average molecular weight is 414 g/mol. The van der Waals surface area contributed by atoms with Crippen molar-refractivity contribution in [3.63, 3.8) is 0 Å². The number of nitrogens with zero attached hydrogens (tertiary/aromatic N) is 2. The first-order valence-corrected chi connectivity index (χ1v) is 10.6. The summed E-state index contributed by atoms with van der Waals surface area (Å²) < 4.78 is 23.9. The summed E-state index contributed by atoms with van der Waals surface area (Å²) in [6, 6.07) is 5.56. The fourth-order valence-electron chi connectivity index (χ4n) is 3.79. The van der Waals surface area contributed by atoms with Crippen molar-refractivity contribution < 1.29 is 23.3 Å². The van der Waals surface area contributed by atoms with Crippen molar-refractivity contribution in [3.8, 4) is 0 Å². The number of amides is 1. The molecule has 2 saturated heterocycles. The lowest BCUT2D eigenvalue weighted by atomic mass is 9.79. The van der Waals surface area contributed by atoms with Crippen LogP contribution in [0.25, 0.3) is 11.1 Å². The molecule has 1 aromatic carbocycles. The number of fused-ring (bicyclic) bond motifs is 1. The molecule has 1 unspecified atom stereocenters. The Balaban J connectivity index is 1.58. The van der Waals surface area contributed by atoms with Crippen molar-refractivity contribution in [1.29, 1.82) is 0 Å². The Kier molecular flexibility index (Phi) is 4.94. The third-order valence-corrected chi connectivity index (χ3v) is 6.12. The Morgan fingerprint density at radius 3 is 2.50 bits per heavy atom. The van der Waals surface area contributed by atoms with Gasteiger partial charge in [0.2, 0.25) is 5.89 Å². The van der Waals surface area contributed by atoms with E-state index in [9.17, 15) is 4.79 Å². The van der Waals surface area contributed by atoms with Crippen LogP contribution in [0.5, 0.6) is 0 Å². The highest BCUT2D eigenvalue weighted by molar-refractivity contribution is 6.62. The highest BCUT2D eigenvalue weighted by Gasteiger charge is 2.51. The Morgan fingerprint density at radius 1 is 1.20 bits per heavy atom. The number of likely N-dealkylation sites (tertiary alicyclic amines) is 1. The van der Waals surface area contributed by atoms with Crippen LogP contribution in [-0.2, 0) is 14.0 Å². The lowest BCUT2D eigenvalue weighted by molar-refractivity contribution is 0.00578. The molecule has 8 heteroatoms. The van der Waals surface area contributed by atoms with E-state index < -0.39 is 23.9 Å². The monoisotopic (exact) mass is 414 g/mol. The third-order valence-electron chi connectivity index (χ3n) is 6.12. The van der Waals surface area contributed by atoms with Gasteiger partial charge in [-0.25, -0.2) is 9.78 Å². The zero-order chi connectivity index (χ0) is 21.9. The normalized spacial score (nSPS) is 23.4. The fraction of sp³-hybridized carbons (Fsp3) is 0.636. The molecule has 1 amide bonds. The summed E-state index contributed by atoms with van der Waals surface area (Å²) in [5.41, 5.74) is 0.966. The van der Waals surface area contributed by atoms with Gasteiger partial charge in [-0.3, -0.25) is 4.90 Å². The standard InChI is InChI=1S/C22H31BN2O5/c1-20(2,3)28-19(26)25-12-8-9-16(25)18-24-15-13-14(10-11-17(15)27-18)23-29-21(4,5)22(6,7)30-23/h10-11,13,16H,8-9,12H2,1-7H3. The lowest BCUT2D eigenvalue weighted by Gasteiger charge is -2.32. The minimum absolute atomic E-state index is 0.215. The van der Waals surface area contributed by atoms with Crippen molar-refractivity contribution in [2.24, 2.45) is 0 Å². The van der Waals surface area contributed by atoms with Crippen LogP contribution in [0.3, 0.4) is 0 Å². The molecule has 0 N–H and O–H groups in total. The van der Waals surface area contributed by atoms with Gasteiger partial charge in [-0.05, 0) is 78.9 Å². The maximum absolute atomic E-state index is 12.6. The quantitative estimate of drug-likeness (QED) is 0.686. The van der Waals surface area contributed by atoms with Gasteiger partial charge in [0.1, 0.15) is 17.2 Å². The Hall–Kier alpha value is -2.06. The van der Waals surface area contributed by atoms with Gasteiger partial charge in [-0.2, -0.15) is 0 Å². The average Bonchev–Trinajstić information content (AvgIpc) is 3.28.